The Morgan fingerprint density at radius 3 is 2.38 bits per heavy atom. The standard InChI is InChI=1S/C22H25N3O4/c1-13-9-19(27-5)20(28-6)12-18(13)23-22(26)8-7-17-10-14(2)25(16(17)4)21-11-15(3)29-24-21/h7-12H,1-6H3,(H,23,26)/b8-7+. The van der Waals surface area contributed by atoms with Crippen LogP contribution in [-0.4, -0.2) is 29.9 Å². The van der Waals surface area contributed by atoms with Crippen LogP contribution in [0.4, 0.5) is 5.69 Å². The molecule has 0 fully saturated rings. The summed E-state index contributed by atoms with van der Waals surface area (Å²) in [5.41, 5.74) is 4.46. The van der Waals surface area contributed by atoms with Gasteiger partial charge < -0.3 is 19.3 Å². The molecule has 0 unspecified atom stereocenters. The van der Waals surface area contributed by atoms with Crippen LogP contribution in [0.25, 0.3) is 11.9 Å². The molecule has 7 heteroatoms. The Labute approximate surface area is 169 Å². The van der Waals surface area contributed by atoms with Crippen LogP contribution in [0.15, 0.2) is 34.9 Å². The first-order valence-electron chi connectivity index (χ1n) is 9.18. The average molecular weight is 395 g/mol. The topological polar surface area (TPSA) is 78.5 Å². The van der Waals surface area contributed by atoms with Crippen LogP contribution in [0.3, 0.4) is 0 Å². The predicted molar refractivity (Wildman–Crippen MR) is 112 cm³/mol. The van der Waals surface area contributed by atoms with Crippen LogP contribution in [-0.2, 0) is 4.79 Å². The van der Waals surface area contributed by atoms with Crippen LogP contribution in [0, 0.1) is 27.7 Å². The van der Waals surface area contributed by atoms with Crippen LogP contribution in [0.5, 0.6) is 11.5 Å². The summed E-state index contributed by atoms with van der Waals surface area (Å²) >= 11 is 0. The van der Waals surface area contributed by atoms with E-state index in [9.17, 15) is 4.79 Å². The van der Waals surface area contributed by atoms with Crippen molar-refractivity contribution in [3.8, 4) is 17.3 Å². The van der Waals surface area contributed by atoms with Gasteiger partial charge in [-0.05, 0) is 57.0 Å². The molecule has 2 heterocycles. The van der Waals surface area contributed by atoms with E-state index in [-0.39, 0.29) is 5.91 Å². The van der Waals surface area contributed by atoms with Crippen molar-refractivity contribution in [1.82, 2.24) is 9.72 Å². The Morgan fingerprint density at radius 1 is 1.07 bits per heavy atom. The highest BCUT2D eigenvalue weighted by Gasteiger charge is 2.13. The fourth-order valence-corrected chi connectivity index (χ4v) is 3.22. The molecule has 29 heavy (non-hydrogen) atoms. The fraction of sp³-hybridized carbons (Fsp3) is 0.273. The quantitative estimate of drug-likeness (QED) is 0.627. The zero-order valence-electron chi connectivity index (χ0n) is 17.5. The summed E-state index contributed by atoms with van der Waals surface area (Å²) in [6, 6.07) is 7.45. The molecule has 0 aliphatic heterocycles. The number of hydrogen-bond acceptors (Lipinski definition) is 5. The number of anilines is 1. The Balaban J connectivity index is 1.80. The summed E-state index contributed by atoms with van der Waals surface area (Å²) in [6.45, 7) is 7.72. The van der Waals surface area contributed by atoms with Gasteiger partial charge in [0.2, 0.25) is 5.91 Å². The molecular weight excluding hydrogens is 370 g/mol. The Hall–Kier alpha value is -3.48. The molecule has 0 aliphatic carbocycles. The zero-order chi connectivity index (χ0) is 21.1. The number of carbonyl (C=O) groups is 1. The number of nitrogens with zero attached hydrogens (tertiary/aromatic N) is 2. The summed E-state index contributed by atoms with van der Waals surface area (Å²) in [4.78, 5) is 12.5. The Morgan fingerprint density at radius 2 is 1.76 bits per heavy atom. The number of methoxy groups -OCH3 is 2. The van der Waals surface area contributed by atoms with E-state index in [0.717, 1.165) is 34.1 Å². The van der Waals surface area contributed by atoms with Crippen LogP contribution < -0.4 is 14.8 Å². The Kier molecular flexibility index (Phi) is 5.77. The normalized spacial score (nSPS) is 11.1. The van der Waals surface area contributed by atoms with Gasteiger partial charge in [-0.25, -0.2) is 0 Å². The number of aromatic nitrogens is 2. The van der Waals surface area contributed by atoms with Gasteiger partial charge in [-0.15, -0.1) is 0 Å². The lowest BCUT2D eigenvalue weighted by Gasteiger charge is -2.12. The highest BCUT2D eigenvalue weighted by Crippen LogP contribution is 2.33. The Bertz CT molecular complexity index is 1080. The van der Waals surface area contributed by atoms with Crippen molar-refractivity contribution in [1.29, 1.82) is 0 Å². The van der Waals surface area contributed by atoms with Crippen molar-refractivity contribution in [2.45, 2.75) is 27.7 Å². The van der Waals surface area contributed by atoms with Gasteiger partial charge in [-0.3, -0.25) is 9.36 Å². The van der Waals surface area contributed by atoms with Crippen LogP contribution in [0.1, 0.15) is 28.3 Å². The van der Waals surface area contributed by atoms with Gasteiger partial charge in [-0.1, -0.05) is 5.16 Å². The van der Waals surface area contributed by atoms with Crippen molar-refractivity contribution in [2.24, 2.45) is 0 Å². The first-order valence-corrected chi connectivity index (χ1v) is 9.18. The second-order valence-electron chi connectivity index (χ2n) is 6.80. The molecular formula is C22H25N3O4. The molecule has 1 N–H and O–H groups in total. The summed E-state index contributed by atoms with van der Waals surface area (Å²) in [6.07, 6.45) is 3.30. The van der Waals surface area contributed by atoms with E-state index in [1.165, 1.54) is 6.08 Å². The maximum atomic E-state index is 12.5. The summed E-state index contributed by atoms with van der Waals surface area (Å²) in [5.74, 6) is 2.41. The predicted octanol–water partition coefficient (Wildman–Crippen LogP) is 4.37. The monoisotopic (exact) mass is 395 g/mol. The maximum absolute atomic E-state index is 12.5. The highest BCUT2D eigenvalue weighted by molar-refractivity contribution is 6.02. The molecule has 1 aromatic carbocycles. The van der Waals surface area contributed by atoms with Gasteiger partial charge in [-0.2, -0.15) is 0 Å². The molecule has 0 radical (unpaired) electrons. The molecule has 2 aromatic heterocycles. The molecule has 0 saturated carbocycles. The van der Waals surface area contributed by atoms with Crippen LogP contribution >= 0.6 is 0 Å². The van der Waals surface area contributed by atoms with E-state index >= 15 is 0 Å². The van der Waals surface area contributed by atoms with Gasteiger partial charge in [0.05, 0.1) is 14.2 Å². The summed E-state index contributed by atoms with van der Waals surface area (Å²) in [7, 11) is 3.14. The minimum absolute atomic E-state index is 0.234. The molecule has 3 aromatic rings. The number of hydrogen-bond donors (Lipinski definition) is 1. The lowest BCUT2D eigenvalue weighted by Crippen LogP contribution is -2.09. The maximum Gasteiger partial charge on any atom is 0.248 e. The third-order valence-electron chi connectivity index (χ3n) is 4.72. The largest absolute Gasteiger partial charge is 0.493 e. The molecule has 0 atom stereocenters. The number of rotatable bonds is 6. The van der Waals surface area contributed by atoms with Gasteiger partial charge in [0.1, 0.15) is 5.76 Å². The van der Waals surface area contributed by atoms with E-state index in [2.05, 4.69) is 10.5 Å². The third-order valence-corrected chi connectivity index (χ3v) is 4.72. The van der Waals surface area contributed by atoms with E-state index in [0.29, 0.717) is 17.2 Å². The number of carbonyl (C=O) groups excluding carboxylic acids is 1. The minimum atomic E-state index is -0.234. The van der Waals surface area contributed by atoms with Gasteiger partial charge in [0.15, 0.2) is 17.3 Å². The first-order chi connectivity index (χ1) is 13.8. The SMILES string of the molecule is COc1cc(C)c(NC(=O)/C=C/c2cc(C)n(-c3cc(C)on3)c2C)cc1OC. The zero-order valence-corrected chi connectivity index (χ0v) is 17.5. The first kappa shape index (κ1) is 20.3. The number of benzene rings is 1. The van der Waals surface area contributed by atoms with Crippen molar-refractivity contribution >= 4 is 17.7 Å². The molecule has 0 bridgehead atoms. The molecule has 1 amide bonds. The van der Waals surface area contributed by atoms with E-state index in [4.69, 9.17) is 14.0 Å². The molecule has 0 spiro atoms. The fourth-order valence-electron chi connectivity index (χ4n) is 3.22. The number of aryl methyl sites for hydroxylation is 3. The van der Waals surface area contributed by atoms with Gasteiger partial charge in [0.25, 0.3) is 0 Å². The van der Waals surface area contributed by atoms with Crippen molar-refractivity contribution in [2.75, 3.05) is 19.5 Å². The lowest BCUT2D eigenvalue weighted by molar-refractivity contribution is -0.111. The minimum Gasteiger partial charge on any atom is -0.493 e. The van der Waals surface area contributed by atoms with E-state index < -0.39 is 0 Å². The van der Waals surface area contributed by atoms with E-state index in [1.807, 2.05) is 50.5 Å². The second kappa shape index (κ2) is 8.26. The van der Waals surface area contributed by atoms with Gasteiger partial charge in [0, 0.05) is 35.3 Å². The summed E-state index contributed by atoms with van der Waals surface area (Å²) < 4.78 is 17.8. The molecule has 152 valence electrons. The molecule has 0 aliphatic rings. The third kappa shape index (κ3) is 4.18. The van der Waals surface area contributed by atoms with Crippen LogP contribution in [0.2, 0.25) is 0 Å². The number of nitrogens with one attached hydrogen (secondary N) is 1. The molecule has 0 saturated heterocycles. The van der Waals surface area contributed by atoms with E-state index in [1.54, 1.807) is 26.4 Å². The highest BCUT2D eigenvalue weighted by atomic mass is 16.5. The van der Waals surface area contributed by atoms with Crippen molar-refractivity contribution in [3.63, 3.8) is 0 Å². The smallest absolute Gasteiger partial charge is 0.248 e. The molecule has 7 nitrogen and oxygen atoms in total. The van der Waals surface area contributed by atoms with Crippen molar-refractivity contribution < 1.29 is 18.8 Å². The molecule has 3 rings (SSSR count). The van der Waals surface area contributed by atoms with Gasteiger partial charge >= 0.3 is 0 Å². The number of amides is 1. The summed E-state index contributed by atoms with van der Waals surface area (Å²) in [5, 5.41) is 6.96. The van der Waals surface area contributed by atoms with Crippen molar-refractivity contribution in [3.05, 3.63) is 58.6 Å². The average Bonchev–Trinajstić information content (AvgIpc) is 3.23. The second-order valence-corrected chi connectivity index (χ2v) is 6.80. The number of ether oxygens (including phenoxy) is 2. The lowest BCUT2D eigenvalue weighted by atomic mass is 10.1.